The molecule has 0 spiro atoms. The molecule has 0 aliphatic carbocycles. The first-order valence-corrected chi connectivity index (χ1v) is 8.18. The Bertz CT molecular complexity index is 839. The normalized spacial score (nSPS) is 11.8. The van der Waals surface area contributed by atoms with E-state index in [2.05, 4.69) is 15.2 Å². The summed E-state index contributed by atoms with van der Waals surface area (Å²) in [7, 11) is 4.70. The van der Waals surface area contributed by atoms with Crippen molar-refractivity contribution in [2.75, 3.05) is 21.3 Å². The summed E-state index contributed by atoms with van der Waals surface area (Å²) in [4.78, 5) is 4.54. The van der Waals surface area contributed by atoms with Crippen LogP contribution in [-0.4, -0.2) is 36.5 Å². The molecular weight excluding hydrogens is 332 g/mol. The third kappa shape index (κ3) is 3.62. The van der Waals surface area contributed by atoms with Crippen molar-refractivity contribution in [3.8, 4) is 28.6 Å². The molecule has 0 aliphatic rings. The Balaban J connectivity index is 1.87. The van der Waals surface area contributed by atoms with E-state index in [-0.39, 0.29) is 6.04 Å². The van der Waals surface area contributed by atoms with Crippen LogP contribution >= 0.6 is 0 Å². The summed E-state index contributed by atoms with van der Waals surface area (Å²) in [6.45, 7) is 0. The first-order valence-electron chi connectivity index (χ1n) is 8.18. The zero-order valence-electron chi connectivity index (χ0n) is 15.0. The van der Waals surface area contributed by atoms with Gasteiger partial charge in [0.15, 0.2) is 17.3 Å². The molecule has 7 heteroatoms. The largest absolute Gasteiger partial charge is 0.493 e. The molecule has 0 fully saturated rings. The predicted octanol–water partition coefficient (Wildman–Crippen LogP) is 2.74. The molecule has 3 rings (SSSR count). The maximum absolute atomic E-state index is 6.27. The van der Waals surface area contributed by atoms with Crippen LogP contribution in [0.25, 0.3) is 11.4 Å². The summed E-state index contributed by atoms with van der Waals surface area (Å²) in [5, 5.41) is 7.22. The Morgan fingerprint density at radius 3 is 2.23 bits per heavy atom. The zero-order valence-corrected chi connectivity index (χ0v) is 15.0. The molecule has 26 heavy (non-hydrogen) atoms. The van der Waals surface area contributed by atoms with Crippen LogP contribution < -0.4 is 19.9 Å². The number of ether oxygens (including phenoxy) is 3. The van der Waals surface area contributed by atoms with E-state index < -0.39 is 0 Å². The molecular formula is C19H22N4O3. The van der Waals surface area contributed by atoms with Gasteiger partial charge in [-0.2, -0.15) is 5.10 Å². The number of hydrogen-bond donors (Lipinski definition) is 2. The number of nitrogens with one attached hydrogen (secondary N) is 1. The number of nitrogens with two attached hydrogens (primary N) is 1. The third-order valence-corrected chi connectivity index (χ3v) is 4.08. The first-order chi connectivity index (χ1) is 12.7. The van der Waals surface area contributed by atoms with Crippen LogP contribution in [0.4, 0.5) is 0 Å². The van der Waals surface area contributed by atoms with E-state index in [4.69, 9.17) is 19.9 Å². The Labute approximate surface area is 152 Å². The standard InChI is InChI=1S/C19H22N4O3/c1-24-15-10-13(11-16(25-2)17(15)26-3)18-21-19(23-22-18)14(20)9-12-7-5-4-6-8-12/h4-8,10-11,14H,9,20H2,1-3H3,(H,21,22,23)/t14-/m0/s1. The average molecular weight is 354 g/mol. The minimum atomic E-state index is -0.277. The van der Waals surface area contributed by atoms with Gasteiger partial charge in [0.2, 0.25) is 5.75 Å². The van der Waals surface area contributed by atoms with E-state index in [1.54, 1.807) is 33.5 Å². The number of rotatable bonds is 7. The van der Waals surface area contributed by atoms with E-state index in [0.717, 1.165) is 11.1 Å². The summed E-state index contributed by atoms with van der Waals surface area (Å²) < 4.78 is 16.1. The molecule has 1 atom stereocenters. The number of hydrogen-bond acceptors (Lipinski definition) is 6. The van der Waals surface area contributed by atoms with Gasteiger partial charge in [-0.15, -0.1) is 0 Å². The molecule has 7 nitrogen and oxygen atoms in total. The molecule has 3 aromatic rings. The minimum Gasteiger partial charge on any atom is -0.493 e. The highest BCUT2D eigenvalue weighted by atomic mass is 16.5. The predicted molar refractivity (Wildman–Crippen MR) is 98.5 cm³/mol. The monoisotopic (exact) mass is 354 g/mol. The smallest absolute Gasteiger partial charge is 0.203 e. The van der Waals surface area contributed by atoms with Gasteiger partial charge in [-0.05, 0) is 24.1 Å². The van der Waals surface area contributed by atoms with Gasteiger partial charge < -0.3 is 19.9 Å². The highest BCUT2D eigenvalue weighted by molar-refractivity contribution is 5.66. The van der Waals surface area contributed by atoms with Gasteiger partial charge in [0.05, 0.1) is 27.4 Å². The van der Waals surface area contributed by atoms with Crippen molar-refractivity contribution in [2.24, 2.45) is 5.73 Å². The SMILES string of the molecule is COc1cc(-c2n[nH]c([C@@H](N)Cc3ccccc3)n2)cc(OC)c1OC. The topological polar surface area (TPSA) is 95.3 Å². The molecule has 136 valence electrons. The number of aromatic nitrogens is 3. The van der Waals surface area contributed by atoms with Crippen molar-refractivity contribution in [1.82, 2.24) is 15.2 Å². The summed E-state index contributed by atoms with van der Waals surface area (Å²) in [5.74, 6) is 2.75. The van der Waals surface area contributed by atoms with Crippen molar-refractivity contribution in [2.45, 2.75) is 12.5 Å². The Kier molecular flexibility index (Phi) is 5.38. The highest BCUT2D eigenvalue weighted by Crippen LogP contribution is 2.40. The lowest BCUT2D eigenvalue weighted by Crippen LogP contribution is -2.15. The second kappa shape index (κ2) is 7.88. The maximum Gasteiger partial charge on any atom is 0.203 e. The Morgan fingerprint density at radius 2 is 1.65 bits per heavy atom. The summed E-state index contributed by atoms with van der Waals surface area (Å²) in [6.07, 6.45) is 0.671. The van der Waals surface area contributed by atoms with Crippen LogP contribution in [0.15, 0.2) is 42.5 Å². The van der Waals surface area contributed by atoms with Crippen LogP contribution in [0, 0.1) is 0 Å². The fraction of sp³-hybridized carbons (Fsp3) is 0.263. The molecule has 0 unspecified atom stereocenters. The third-order valence-electron chi connectivity index (χ3n) is 4.08. The van der Waals surface area contributed by atoms with Gasteiger partial charge in [-0.3, -0.25) is 5.10 Å². The zero-order chi connectivity index (χ0) is 18.5. The lowest BCUT2D eigenvalue weighted by atomic mass is 10.1. The van der Waals surface area contributed by atoms with Gasteiger partial charge in [0.1, 0.15) is 5.82 Å². The fourth-order valence-electron chi connectivity index (χ4n) is 2.74. The van der Waals surface area contributed by atoms with Crippen LogP contribution in [0.1, 0.15) is 17.4 Å². The molecule has 0 radical (unpaired) electrons. The van der Waals surface area contributed by atoms with E-state index in [0.29, 0.717) is 35.3 Å². The Morgan fingerprint density at radius 1 is 1.00 bits per heavy atom. The highest BCUT2D eigenvalue weighted by Gasteiger charge is 2.18. The van der Waals surface area contributed by atoms with Crippen molar-refractivity contribution < 1.29 is 14.2 Å². The van der Waals surface area contributed by atoms with Crippen molar-refractivity contribution in [3.63, 3.8) is 0 Å². The molecule has 1 aromatic heterocycles. The van der Waals surface area contributed by atoms with E-state index in [9.17, 15) is 0 Å². The number of methoxy groups -OCH3 is 3. The van der Waals surface area contributed by atoms with Crippen LogP contribution in [0.2, 0.25) is 0 Å². The van der Waals surface area contributed by atoms with Gasteiger partial charge in [0, 0.05) is 5.56 Å². The lowest BCUT2D eigenvalue weighted by Gasteiger charge is -2.13. The van der Waals surface area contributed by atoms with Crippen molar-refractivity contribution in [3.05, 3.63) is 53.9 Å². The molecule has 0 amide bonds. The number of aromatic amines is 1. The minimum absolute atomic E-state index is 0.277. The molecule has 0 saturated carbocycles. The van der Waals surface area contributed by atoms with Crippen LogP contribution in [-0.2, 0) is 6.42 Å². The van der Waals surface area contributed by atoms with Gasteiger partial charge in [-0.1, -0.05) is 30.3 Å². The van der Waals surface area contributed by atoms with E-state index in [1.165, 1.54) is 0 Å². The molecule has 3 N–H and O–H groups in total. The van der Waals surface area contributed by atoms with E-state index >= 15 is 0 Å². The average Bonchev–Trinajstić information content (AvgIpc) is 3.18. The van der Waals surface area contributed by atoms with Crippen molar-refractivity contribution >= 4 is 0 Å². The van der Waals surface area contributed by atoms with Crippen molar-refractivity contribution in [1.29, 1.82) is 0 Å². The lowest BCUT2D eigenvalue weighted by molar-refractivity contribution is 0.324. The number of nitrogens with zero attached hydrogens (tertiary/aromatic N) is 2. The molecule has 2 aromatic carbocycles. The summed E-state index contributed by atoms with van der Waals surface area (Å²) in [6, 6.07) is 13.4. The summed E-state index contributed by atoms with van der Waals surface area (Å²) >= 11 is 0. The number of H-pyrrole nitrogens is 1. The van der Waals surface area contributed by atoms with Crippen LogP contribution in [0.5, 0.6) is 17.2 Å². The molecule has 0 bridgehead atoms. The summed E-state index contributed by atoms with van der Waals surface area (Å²) in [5.41, 5.74) is 8.16. The molecule has 0 aliphatic heterocycles. The van der Waals surface area contributed by atoms with E-state index in [1.807, 2.05) is 30.3 Å². The second-order valence-electron chi connectivity index (χ2n) is 5.75. The fourth-order valence-corrected chi connectivity index (χ4v) is 2.74. The quantitative estimate of drug-likeness (QED) is 0.677. The molecule has 1 heterocycles. The Hall–Kier alpha value is -3.06. The van der Waals surface area contributed by atoms with Gasteiger partial charge in [0.25, 0.3) is 0 Å². The van der Waals surface area contributed by atoms with Gasteiger partial charge >= 0.3 is 0 Å². The first kappa shape index (κ1) is 17.8. The molecule has 0 saturated heterocycles. The van der Waals surface area contributed by atoms with Gasteiger partial charge in [-0.25, -0.2) is 4.98 Å². The maximum atomic E-state index is 6.27. The number of benzene rings is 2. The second-order valence-corrected chi connectivity index (χ2v) is 5.75. The van der Waals surface area contributed by atoms with Crippen LogP contribution in [0.3, 0.4) is 0 Å².